The molecule has 0 aliphatic carbocycles. The van der Waals surface area contributed by atoms with E-state index in [1.54, 1.807) is 31.3 Å². The Labute approximate surface area is 121 Å². The molecule has 0 saturated carbocycles. The molecule has 21 heavy (non-hydrogen) atoms. The standard InChI is InChI=1S/C14H14N4O3/c1-9-7-10(13(19)20)4-5-12(9)17-14(21)15-8-11-3-2-6-16-18-11/h2-7H,8H2,1H3,(H,19,20)(H2,15,17,21). The van der Waals surface area contributed by atoms with Gasteiger partial charge in [-0.05, 0) is 42.8 Å². The fourth-order valence-electron chi connectivity index (χ4n) is 1.70. The summed E-state index contributed by atoms with van der Waals surface area (Å²) in [6.45, 7) is 1.98. The number of aryl methyl sites for hydroxylation is 1. The molecule has 0 radical (unpaired) electrons. The molecule has 0 bridgehead atoms. The van der Waals surface area contributed by atoms with Crippen LogP contribution in [0.4, 0.5) is 10.5 Å². The monoisotopic (exact) mass is 286 g/mol. The minimum absolute atomic E-state index is 0.179. The van der Waals surface area contributed by atoms with E-state index in [0.717, 1.165) is 0 Å². The lowest BCUT2D eigenvalue weighted by molar-refractivity contribution is 0.0697. The molecule has 0 spiro atoms. The first-order valence-electron chi connectivity index (χ1n) is 6.21. The highest BCUT2D eigenvalue weighted by Crippen LogP contribution is 2.16. The SMILES string of the molecule is Cc1cc(C(=O)O)ccc1NC(=O)NCc1cccnn1. The lowest BCUT2D eigenvalue weighted by Crippen LogP contribution is -2.28. The predicted octanol–water partition coefficient (Wildman–Crippen LogP) is 1.80. The molecule has 2 amide bonds. The topological polar surface area (TPSA) is 104 Å². The molecule has 1 aromatic heterocycles. The van der Waals surface area contributed by atoms with Crippen molar-refractivity contribution in [2.75, 3.05) is 5.32 Å². The number of anilines is 1. The second-order valence-corrected chi connectivity index (χ2v) is 4.36. The van der Waals surface area contributed by atoms with Crippen LogP contribution >= 0.6 is 0 Å². The number of aromatic nitrogens is 2. The number of carbonyl (C=O) groups is 2. The summed E-state index contributed by atoms with van der Waals surface area (Å²) in [7, 11) is 0. The number of carboxylic acid groups (broad SMARTS) is 1. The van der Waals surface area contributed by atoms with E-state index in [9.17, 15) is 9.59 Å². The molecule has 0 saturated heterocycles. The number of aromatic carboxylic acids is 1. The van der Waals surface area contributed by atoms with Gasteiger partial charge in [0.1, 0.15) is 0 Å². The smallest absolute Gasteiger partial charge is 0.335 e. The highest BCUT2D eigenvalue weighted by molar-refractivity contribution is 5.92. The molecule has 0 atom stereocenters. The van der Waals surface area contributed by atoms with Gasteiger partial charge >= 0.3 is 12.0 Å². The quantitative estimate of drug-likeness (QED) is 0.795. The molecule has 0 fully saturated rings. The van der Waals surface area contributed by atoms with Crippen LogP contribution in [-0.4, -0.2) is 27.3 Å². The number of nitrogens with one attached hydrogen (secondary N) is 2. The van der Waals surface area contributed by atoms with Crippen molar-refractivity contribution in [1.29, 1.82) is 0 Å². The molecule has 0 aliphatic rings. The van der Waals surface area contributed by atoms with E-state index < -0.39 is 12.0 Å². The van der Waals surface area contributed by atoms with Gasteiger partial charge in [-0.3, -0.25) is 0 Å². The van der Waals surface area contributed by atoms with Gasteiger partial charge in [-0.1, -0.05) is 0 Å². The van der Waals surface area contributed by atoms with Gasteiger partial charge in [0.05, 0.1) is 17.8 Å². The first-order chi connectivity index (χ1) is 10.1. The fourth-order valence-corrected chi connectivity index (χ4v) is 1.70. The molecule has 3 N–H and O–H groups in total. The van der Waals surface area contributed by atoms with Crippen molar-refractivity contribution in [3.8, 4) is 0 Å². The molecular weight excluding hydrogens is 272 g/mol. The van der Waals surface area contributed by atoms with E-state index in [4.69, 9.17) is 5.11 Å². The zero-order valence-corrected chi connectivity index (χ0v) is 11.3. The van der Waals surface area contributed by atoms with Gasteiger partial charge in [0.25, 0.3) is 0 Å². The normalized spacial score (nSPS) is 9.95. The van der Waals surface area contributed by atoms with Crippen molar-refractivity contribution < 1.29 is 14.7 Å². The maximum Gasteiger partial charge on any atom is 0.335 e. The molecular formula is C14H14N4O3. The second-order valence-electron chi connectivity index (χ2n) is 4.36. The van der Waals surface area contributed by atoms with Crippen LogP contribution < -0.4 is 10.6 Å². The Kier molecular flexibility index (Phi) is 4.45. The van der Waals surface area contributed by atoms with Gasteiger partial charge in [0.15, 0.2) is 0 Å². The van der Waals surface area contributed by atoms with Crippen LogP contribution in [-0.2, 0) is 6.54 Å². The average Bonchev–Trinajstić information content (AvgIpc) is 2.48. The van der Waals surface area contributed by atoms with E-state index in [2.05, 4.69) is 20.8 Å². The summed E-state index contributed by atoms with van der Waals surface area (Å²) >= 11 is 0. The Hall–Kier alpha value is -2.96. The Bertz CT molecular complexity index is 659. The number of nitrogens with zero attached hydrogens (tertiary/aromatic N) is 2. The van der Waals surface area contributed by atoms with Gasteiger partial charge in [-0.15, -0.1) is 0 Å². The van der Waals surface area contributed by atoms with E-state index in [-0.39, 0.29) is 12.1 Å². The van der Waals surface area contributed by atoms with Crippen molar-refractivity contribution in [2.24, 2.45) is 0 Å². The summed E-state index contributed by atoms with van der Waals surface area (Å²) < 4.78 is 0. The summed E-state index contributed by atoms with van der Waals surface area (Å²) in [6.07, 6.45) is 1.55. The van der Waals surface area contributed by atoms with Gasteiger partial charge in [-0.25, -0.2) is 9.59 Å². The first-order valence-corrected chi connectivity index (χ1v) is 6.21. The fraction of sp³-hybridized carbons (Fsp3) is 0.143. The summed E-state index contributed by atoms with van der Waals surface area (Å²) in [6, 6.07) is 7.58. The van der Waals surface area contributed by atoms with Crippen LogP contribution in [0.1, 0.15) is 21.6 Å². The predicted molar refractivity (Wildman–Crippen MR) is 76.0 cm³/mol. The maximum absolute atomic E-state index is 11.8. The van der Waals surface area contributed by atoms with Crippen LogP contribution in [0.5, 0.6) is 0 Å². The first kappa shape index (κ1) is 14.4. The third-order valence-electron chi connectivity index (χ3n) is 2.78. The summed E-state index contributed by atoms with van der Waals surface area (Å²) in [4.78, 5) is 22.6. The molecule has 0 aliphatic heterocycles. The number of hydrogen-bond donors (Lipinski definition) is 3. The lowest BCUT2D eigenvalue weighted by Gasteiger charge is -2.10. The molecule has 1 aromatic carbocycles. The van der Waals surface area contributed by atoms with E-state index in [0.29, 0.717) is 16.9 Å². The second kappa shape index (κ2) is 6.47. The van der Waals surface area contributed by atoms with Crippen LogP contribution in [0, 0.1) is 6.92 Å². The van der Waals surface area contributed by atoms with Crippen molar-refractivity contribution in [3.05, 3.63) is 53.3 Å². The molecule has 1 heterocycles. The van der Waals surface area contributed by atoms with Gasteiger partial charge in [0, 0.05) is 11.9 Å². The summed E-state index contributed by atoms with van der Waals surface area (Å²) in [5, 5.41) is 21.7. The zero-order valence-electron chi connectivity index (χ0n) is 11.3. The maximum atomic E-state index is 11.8. The van der Waals surface area contributed by atoms with E-state index in [1.165, 1.54) is 12.1 Å². The van der Waals surface area contributed by atoms with Crippen LogP contribution in [0.25, 0.3) is 0 Å². The van der Waals surface area contributed by atoms with Gasteiger partial charge < -0.3 is 15.7 Å². The highest BCUT2D eigenvalue weighted by atomic mass is 16.4. The number of rotatable bonds is 4. The average molecular weight is 286 g/mol. The lowest BCUT2D eigenvalue weighted by atomic mass is 10.1. The number of carbonyl (C=O) groups excluding carboxylic acids is 1. The third kappa shape index (κ3) is 4.00. The van der Waals surface area contributed by atoms with Gasteiger partial charge in [0.2, 0.25) is 0 Å². The number of hydrogen-bond acceptors (Lipinski definition) is 4. The Morgan fingerprint density at radius 2 is 2.10 bits per heavy atom. The van der Waals surface area contributed by atoms with E-state index >= 15 is 0 Å². The van der Waals surface area contributed by atoms with Crippen LogP contribution in [0.15, 0.2) is 36.5 Å². The van der Waals surface area contributed by atoms with Crippen molar-refractivity contribution in [3.63, 3.8) is 0 Å². The Morgan fingerprint density at radius 3 is 2.71 bits per heavy atom. The Balaban J connectivity index is 1.95. The number of carboxylic acids is 1. The summed E-state index contributed by atoms with van der Waals surface area (Å²) in [5.41, 5.74) is 2.05. The van der Waals surface area contributed by atoms with Crippen molar-refractivity contribution >= 4 is 17.7 Å². The van der Waals surface area contributed by atoms with Crippen LogP contribution in [0.2, 0.25) is 0 Å². The summed E-state index contributed by atoms with van der Waals surface area (Å²) in [5.74, 6) is -1.00. The minimum Gasteiger partial charge on any atom is -0.478 e. The van der Waals surface area contributed by atoms with Gasteiger partial charge in [-0.2, -0.15) is 10.2 Å². The zero-order chi connectivity index (χ0) is 15.2. The Morgan fingerprint density at radius 1 is 1.29 bits per heavy atom. The molecule has 2 aromatic rings. The highest BCUT2D eigenvalue weighted by Gasteiger charge is 2.08. The molecule has 2 rings (SSSR count). The molecule has 108 valence electrons. The van der Waals surface area contributed by atoms with E-state index in [1.807, 2.05) is 0 Å². The number of benzene rings is 1. The van der Waals surface area contributed by atoms with Crippen molar-refractivity contribution in [2.45, 2.75) is 13.5 Å². The minimum atomic E-state index is -1.00. The molecule has 0 unspecified atom stereocenters. The largest absolute Gasteiger partial charge is 0.478 e. The molecule has 7 nitrogen and oxygen atoms in total. The van der Waals surface area contributed by atoms with Crippen molar-refractivity contribution in [1.82, 2.24) is 15.5 Å². The third-order valence-corrected chi connectivity index (χ3v) is 2.78. The number of amides is 2. The molecule has 7 heteroatoms. The number of urea groups is 1. The van der Waals surface area contributed by atoms with Crippen LogP contribution in [0.3, 0.4) is 0 Å².